The second-order valence-corrected chi connectivity index (χ2v) is 4.63. The summed E-state index contributed by atoms with van der Waals surface area (Å²) in [5.74, 6) is 5.96. The van der Waals surface area contributed by atoms with Crippen LogP contribution in [0.15, 0.2) is 34.3 Å². The highest BCUT2D eigenvalue weighted by molar-refractivity contribution is 7.98. The molecule has 6 nitrogen and oxygen atoms in total. The SMILES string of the molecule is CSc1ccc(/C=N/Nc2n[nH]c(=S)n2N)cc1. The number of nitrogen functional groups attached to an aromatic ring is 1. The molecule has 0 bridgehead atoms. The highest BCUT2D eigenvalue weighted by Gasteiger charge is 1.99. The van der Waals surface area contributed by atoms with Gasteiger partial charge in [0.15, 0.2) is 0 Å². The van der Waals surface area contributed by atoms with Gasteiger partial charge in [-0.25, -0.2) is 10.5 Å². The van der Waals surface area contributed by atoms with Gasteiger partial charge >= 0.3 is 0 Å². The summed E-state index contributed by atoms with van der Waals surface area (Å²) in [4.78, 5) is 1.21. The standard InChI is InChI=1S/C10H12N6S2/c1-18-8-4-2-7(3-5-8)6-12-13-9-14-15-10(17)16(9)11/h2-6H,11H2,1H3,(H,13,14)(H,15,17)/b12-6+. The molecule has 4 N–H and O–H groups in total. The van der Waals surface area contributed by atoms with Gasteiger partial charge in [-0.1, -0.05) is 12.1 Å². The number of H-pyrrole nitrogens is 1. The molecule has 2 aromatic rings. The van der Waals surface area contributed by atoms with Crippen LogP contribution in [0.3, 0.4) is 0 Å². The minimum Gasteiger partial charge on any atom is -0.334 e. The summed E-state index contributed by atoms with van der Waals surface area (Å²) in [5.41, 5.74) is 3.69. The van der Waals surface area contributed by atoms with Crippen LogP contribution in [-0.4, -0.2) is 27.3 Å². The number of nitrogens with zero attached hydrogens (tertiary/aromatic N) is 3. The first kappa shape index (κ1) is 12.7. The predicted molar refractivity (Wildman–Crippen MR) is 77.0 cm³/mol. The summed E-state index contributed by atoms with van der Waals surface area (Å²) < 4.78 is 1.54. The van der Waals surface area contributed by atoms with Gasteiger partial charge in [0.05, 0.1) is 6.21 Å². The first-order valence-corrected chi connectivity index (χ1v) is 6.69. The molecule has 0 spiro atoms. The molecule has 0 atom stereocenters. The topological polar surface area (TPSA) is 84.0 Å². The zero-order valence-electron chi connectivity index (χ0n) is 9.62. The van der Waals surface area contributed by atoms with E-state index in [2.05, 4.69) is 20.7 Å². The van der Waals surface area contributed by atoms with Gasteiger partial charge in [0.2, 0.25) is 4.77 Å². The van der Waals surface area contributed by atoms with Gasteiger partial charge in [0.1, 0.15) is 0 Å². The third-order valence-corrected chi connectivity index (χ3v) is 3.23. The normalized spacial score (nSPS) is 10.9. The Balaban J connectivity index is 2.02. The zero-order valence-corrected chi connectivity index (χ0v) is 11.3. The van der Waals surface area contributed by atoms with Crippen LogP contribution in [0.2, 0.25) is 0 Å². The lowest BCUT2D eigenvalue weighted by Gasteiger charge is -1.98. The number of anilines is 1. The van der Waals surface area contributed by atoms with E-state index in [0.29, 0.717) is 10.7 Å². The average Bonchev–Trinajstić information content (AvgIpc) is 2.71. The number of aromatic nitrogens is 3. The Bertz CT molecular complexity index is 598. The number of nitrogens with two attached hydrogens (primary N) is 1. The highest BCUT2D eigenvalue weighted by Crippen LogP contribution is 2.13. The van der Waals surface area contributed by atoms with E-state index in [1.54, 1.807) is 18.0 Å². The first-order chi connectivity index (χ1) is 8.70. The van der Waals surface area contributed by atoms with Crippen LogP contribution in [0.25, 0.3) is 0 Å². The molecule has 0 saturated heterocycles. The summed E-state index contributed by atoms with van der Waals surface area (Å²) in [7, 11) is 0. The van der Waals surface area contributed by atoms with E-state index in [1.807, 2.05) is 30.5 Å². The molecule has 1 aromatic heterocycles. The van der Waals surface area contributed by atoms with Gasteiger partial charge in [0, 0.05) is 4.90 Å². The lowest BCUT2D eigenvalue weighted by Crippen LogP contribution is -2.11. The van der Waals surface area contributed by atoms with E-state index < -0.39 is 0 Å². The van der Waals surface area contributed by atoms with Gasteiger partial charge in [-0.2, -0.15) is 9.78 Å². The van der Waals surface area contributed by atoms with Gasteiger partial charge in [-0.05, 0) is 36.2 Å². The average molecular weight is 280 g/mol. The molecule has 1 heterocycles. The van der Waals surface area contributed by atoms with Crippen LogP contribution in [0.1, 0.15) is 5.56 Å². The van der Waals surface area contributed by atoms with Crippen molar-refractivity contribution in [1.29, 1.82) is 0 Å². The highest BCUT2D eigenvalue weighted by atomic mass is 32.2. The molecule has 0 radical (unpaired) electrons. The molecule has 2 rings (SSSR count). The molecule has 18 heavy (non-hydrogen) atoms. The summed E-state index contributed by atoms with van der Waals surface area (Å²) in [6, 6.07) is 8.03. The molecular formula is C10H12N6S2. The number of aromatic amines is 1. The zero-order chi connectivity index (χ0) is 13.0. The minimum absolute atomic E-state index is 0.331. The Kier molecular flexibility index (Phi) is 4.00. The van der Waals surface area contributed by atoms with Crippen molar-refractivity contribution in [3.8, 4) is 0 Å². The second kappa shape index (κ2) is 5.69. The van der Waals surface area contributed by atoms with Crippen molar-refractivity contribution in [2.45, 2.75) is 4.90 Å². The van der Waals surface area contributed by atoms with Crippen LogP contribution in [-0.2, 0) is 0 Å². The fourth-order valence-electron chi connectivity index (χ4n) is 1.24. The Morgan fingerprint density at radius 2 is 2.22 bits per heavy atom. The molecule has 94 valence electrons. The first-order valence-electron chi connectivity index (χ1n) is 5.06. The quantitative estimate of drug-likeness (QED) is 0.261. The van der Waals surface area contributed by atoms with Crippen molar-refractivity contribution in [1.82, 2.24) is 14.9 Å². The van der Waals surface area contributed by atoms with E-state index in [-0.39, 0.29) is 0 Å². The molecular weight excluding hydrogens is 268 g/mol. The van der Waals surface area contributed by atoms with Crippen LogP contribution >= 0.6 is 24.0 Å². The third-order valence-electron chi connectivity index (χ3n) is 2.20. The van der Waals surface area contributed by atoms with E-state index >= 15 is 0 Å². The van der Waals surface area contributed by atoms with Crippen molar-refractivity contribution in [2.75, 3.05) is 17.5 Å². The van der Waals surface area contributed by atoms with E-state index in [4.69, 9.17) is 18.1 Å². The van der Waals surface area contributed by atoms with Crippen LogP contribution in [0.5, 0.6) is 0 Å². The number of hydrogen-bond acceptors (Lipinski definition) is 6. The summed E-state index contributed by atoms with van der Waals surface area (Å²) in [6.07, 6.45) is 3.72. The van der Waals surface area contributed by atoms with Gasteiger partial charge in [-0.3, -0.25) is 0 Å². The molecule has 1 aromatic carbocycles. The maximum atomic E-state index is 5.60. The van der Waals surface area contributed by atoms with E-state index in [9.17, 15) is 0 Å². The number of hydrogen-bond donors (Lipinski definition) is 3. The van der Waals surface area contributed by atoms with Gasteiger partial charge in [0.25, 0.3) is 5.95 Å². The maximum absolute atomic E-state index is 5.60. The largest absolute Gasteiger partial charge is 0.334 e. The van der Waals surface area contributed by atoms with Crippen molar-refractivity contribution < 1.29 is 0 Å². The fourth-order valence-corrected chi connectivity index (χ4v) is 1.78. The monoisotopic (exact) mass is 280 g/mol. The Labute approximate surface area is 113 Å². The molecule has 0 amide bonds. The van der Waals surface area contributed by atoms with Crippen molar-refractivity contribution >= 4 is 36.1 Å². The van der Waals surface area contributed by atoms with E-state index in [0.717, 1.165) is 5.56 Å². The lowest BCUT2D eigenvalue weighted by atomic mass is 10.2. The Morgan fingerprint density at radius 1 is 1.50 bits per heavy atom. The molecule has 0 aliphatic carbocycles. The van der Waals surface area contributed by atoms with Crippen molar-refractivity contribution in [3.63, 3.8) is 0 Å². The maximum Gasteiger partial charge on any atom is 0.262 e. The second-order valence-electron chi connectivity index (χ2n) is 3.37. The van der Waals surface area contributed by atoms with Gasteiger partial charge < -0.3 is 5.84 Å². The fraction of sp³-hybridized carbons (Fsp3) is 0.100. The smallest absolute Gasteiger partial charge is 0.262 e. The number of nitrogens with one attached hydrogen (secondary N) is 2. The summed E-state index contributed by atoms with van der Waals surface area (Å²) >= 11 is 6.57. The van der Waals surface area contributed by atoms with Crippen molar-refractivity contribution in [3.05, 3.63) is 34.6 Å². The molecule has 0 fully saturated rings. The minimum atomic E-state index is 0.331. The molecule has 0 aliphatic heterocycles. The number of hydrazone groups is 1. The Hall–Kier alpha value is -1.80. The van der Waals surface area contributed by atoms with Gasteiger partial charge in [-0.15, -0.1) is 16.9 Å². The molecule has 0 saturated carbocycles. The number of thioether (sulfide) groups is 1. The number of rotatable bonds is 4. The van der Waals surface area contributed by atoms with Crippen molar-refractivity contribution in [2.24, 2.45) is 5.10 Å². The predicted octanol–water partition coefficient (Wildman–Crippen LogP) is 1.82. The van der Waals surface area contributed by atoms with Crippen LogP contribution < -0.4 is 11.3 Å². The molecule has 8 heteroatoms. The van der Waals surface area contributed by atoms with Crippen LogP contribution in [0, 0.1) is 4.77 Å². The Morgan fingerprint density at radius 3 is 2.78 bits per heavy atom. The number of benzene rings is 1. The molecule has 0 unspecified atom stereocenters. The van der Waals surface area contributed by atoms with Crippen LogP contribution in [0.4, 0.5) is 5.95 Å². The van der Waals surface area contributed by atoms with E-state index in [1.165, 1.54) is 9.57 Å². The summed E-state index contributed by atoms with van der Waals surface area (Å²) in [6.45, 7) is 0. The lowest BCUT2D eigenvalue weighted by molar-refractivity contribution is 0.971. The molecule has 0 aliphatic rings. The summed E-state index contributed by atoms with van der Waals surface area (Å²) in [5, 5.41) is 10.4. The third kappa shape index (κ3) is 2.90.